The van der Waals surface area contributed by atoms with Crippen LogP contribution < -0.4 is 15.0 Å². The van der Waals surface area contributed by atoms with E-state index in [-0.39, 0.29) is 0 Å². The number of nitrogens with zero attached hydrogens (tertiary/aromatic N) is 3. The second-order valence-corrected chi connectivity index (χ2v) is 5.23. The van der Waals surface area contributed by atoms with E-state index in [2.05, 4.69) is 25.4 Å². The lowest BCUT2D eigenvalue weighted by molar-refractivity contribution is 0.416. The predicted molar refractivity (Wildman–Crippen MR) is 82.7 cm³/mol. The number of piperidine rings is 1. The van der Waals surface area contributed by atoms with Gasteiger partial charge in [-0.1, -0.05) is 12.1 Å². The SMILES string of the molecule is CNC1CCN(c2n[nH]c(-c3ccccc3OC)n2)CC1. The first kappa shape index (κ1) is 13.9. The number of aromatic nitrogens is 3. The Bertz CT molecular complexity index is 589. The van der Waals surface area contributed by atoms with Crippen molar-refractivity contribution in [3.05, 3.63) is 24.3 Å². The Morgan fingerprint density at radius 3 is 2.76 bits per heavy atom. The molecule has 112 valence electrons. The van der Waals surface area contributed by atoms with Crippen LogP contribution in [0.1, 0.15) is 12.8 Å². The molecule has 1 aromatic heterocycles. The normalized spacial score (nSPS) is 16.2. The van der Waals surface area contributed by atoms with Gasteiger partial charge in [0.1, 0.15) is 5.75 Å². The standard InChI is InChI=1S/C15H21N5O/c1-16-11-7-9-20(10-8-11)15-17-14(18-19-15)12-5-3-4-6-13(12)21-2/h3-6,11,16H,7-10H2,1-2H3,(H,17,18,19). The van der Waals surface area contributed by atoms with E-state index >= 15 is 0 Å². The summed E-state index contributed by atoms with van der Waals surface area (Å²) in [7, 11) is 3.69. The van der Waals surface area contributed by atoms with E-state index in [1.54, 1.807) is 7.11 Å². The van der Waals surface area contributed by atoms with Gasteiger partial charge in [-0.2, -0.15) is 4.98 Å². The summed E-state index contributed by atoms with van der Waals surface area (Å²) in [6, 6.07) is 8.43. The molecule has 2 N–H and O–H groups in total. The van der Waals surface area contributed by atoms with Crippen LogP contribution in [-0.2, 0) is 0 Å². The average Bonchev–Trinajstić information content (AvgIpc) is 3.04. The van der Waals surface area contributed by atoms with E-state index < -0.39 is 0 Å². The molecule has 0 bridgehead atoms. The number of benzene rings is 1. The maximum absolute atomic E-state index is 5.37. The quantitative estimate of drug-likeness (QED) is 0.895. The number of hydrogen-bond acceptors (Lipinski definition) is 5. The Morgan fingerprint density at radius 1 is 1.29 bits per heavy atom. The third-order valence-corrected chi connectivity index (χ3v) is 4.02. The zero-order chi connectivity index (χ0) is 14.7. The zero-order valence-corrected chi connectivity index (χ0v) is 12.5. The average molecular weight is 287 g/mol. The minimum atomic E-state index is 0.605. The molecule has 1 saturated heterocycles. The summed E-state index contributed by atoms with van der Waals surface area (Å²) in [5, 5.41) is 10.7. The number of methoxy groups -OCH3 is 1. The summed E-state index contributed by atoms with van der Waals surface area (Å²) in [6.45, 7) is 1.96. The molecule has 0 aliphatic carbocycles. The Labute approximate surface area is 124 Å². The van der Waals surface area contributed by atoms with Crippen LogP contribution in [0.4, 0.5) is 5.95 Å². The van der Waals surface area contributed by atoms with Crippen molar-refractivity contribution < 1.29 is 4.74 Å². The summed E-state index contributed by atoms with van der Waals surface area (Å²) < 4.78 is 5.37. The van der Waals surface area contributed by atoms with Crippen molar-refractivity contribution in [3.8, 4) is 17.1 Å². The fourth-order valence-corrected chi connectivity index (χ4v) is 2.72. The van der Waals surface area contributed by atoms with Gasteiger partial charge in [-0.25, -0.2) is 0 Å². The van der Waals surface area contributed by atoms with Crippen LogP contribution in [0.2, 0.25) is 0 Å². The van der Waals surface area contributed by atoms with Gasteiger partial charge < -0.3 is 15.0 Å². The fraction of sp³-hybridized carbons (Fsp3) is 0.467. The van der Waals surface area contributed by atoms with Crippen molar-refractivity contribution in [2.24, 2.45) is 0 Å². The van der Waals surface area contributed by atoms with Gasteiger partial charge in [-0.3, -0.25) is 5.10 Å². The number of hydrogen-bond donors (Lipinski definition) is 2. The molecule has 0 atom stereocenters. The van der Waals surface area contributed by atoms with Gasteiger partial charge in [0, 0.05) is 19.1 Å². The molecule has 0 spiro atoms. The lowest BCUT2D eigenvalue weighted by atomic mass is 10.1. The Morgan fingerprint density at radius 2 is 2.05 bits per heavy atom. The van der Waals surface area contributed by atoms with Gasteiger partial charge in [0.15, 0.2) is 5.82 Å². The molecule has 21 heavy (non-hydrogen) atoms. The highest BCUT2D eigenvalue weighted by atomic mass is 16.5. The minimum absolute atomic E-state index is 0.605. The number of aromatic amines is 1. The molecule has 0 radical (unpaired) electrons. The van der Waals surface area contributed by atoms with Gasteiger partial charge in [0.2, 0.25) is 5.95 Å². The molecule has 3 rings (SSSR count). The maximum Gasteiger partial charge on any atom is 0.245 e. The second-order valence-electron chi connectivity index (χ2n) is 5.23. The van der Waals surface area contributed by atoms with Crippen LogP contribution in [0.3, 0.4) is 0 Å². The molecule has 1 aliphatic rings. The van der Waals surface area contributed by atoms with Crippen molar-refractivity contribution in [2.75, 3.05) is 32.1 Å². The third-order valence-electron chi connectivity index (χ3n) is 4.02. The molecule has 1 aromatic carbocycles. The second kappa shape index (κ2) is 6.13. The van der Waals surface area contributed by atoms with Gasteiger partial charge in [0.25, 0.3) is 0 Å². The van der Waals surface area contributed by atoms with E-state index in [9.17, 15) is 0 Å². The highest BCUT2D eigenvalue weighted by Gasteiger charge is 2.21. The molecule has 1 aliphatic heterocycles. The van der Waals surface area contributed by atoms with E-state index in [1.807, 2.05) is 31.3 Å². The van der Waals surface area contributed by atoms with Crippen LogP contribution in [-0.4, -0.2) is 48.5 Å². The number of ether oxygens (including phenoxy) is 1. The summed E-state index contributed by atoms with van der Waals surface area (Å²) in [5.74, 6) is 2.32. The van der Waals surface area contributed by atoms with Crippen molar-refractivity contribution >= 4 is 5.95 Å². The highest BCUT2D eigenvalue weighted by Crippen LogP contribution is 2.28. The highest BCUT2D eigenvalue weighted by molar-refractivity contribution is 5.64. The van der Waals surface area contributed by atoms with Gasteiger partial charge in [-0.05, 0) is 32.0 Å². The molecule has 0 amide bonds. The van der Waals surface area contributed by atoms with Crippen LogP contribution in [0, 0.1) is 0 Å². The molecular formula is C15H21N5O. The first-order valence-corrected chi connectivity index (χ1v) is 7.30. The third kappa shape index (κ3) is 2.85. The lowest BCUT2D eigenvalue weighted by Crippen LogP contribution is -2.41. The molecule has 2 heterocycles. The van der Waals surface area contributed by atoms with E-state index in [4.69, 9.17) is 4.74 Å². The Kier molecular flexibility index (Phi) is 4.06. The van der Waals surface area contributed by atoms with Crippen molar-refractivity contribution in [1.29, 1.82) is 0 Å². The number of nitrogens with one attached hydrogen (secondary N) is 2. The van der Waals surface area contributed by atoms with Crippen LogP contribution >= 0.6 is 0 Å². The molecule has 1 fully saturated rings. The molecule has 0 unspecified atom stereocenters. The van der Waals surface area contributed by atoms with E-state index in [0.29, 0.717) is 6.04 Å². The van der Waals surface area contributed by atoms with Crippen LogP contribution in [0.25, 0.3) is 11.4 Å². The Hall–Kier alpha value is -2.08. The first-order valence-electron chi connectivity index (χ1n) is 7.30. The minimum Gasteiger partial charge on any atom is -0.496 e. The zero-order valence-electron chi connectivity index (χ0n) is 12.5. The number of anilines is 1. The van der Waals surface area contributed by atoms with Crippen molar-refractivity contribution in [3.63, 3.8) is 0 Å². The first-order chi connectivity index (χ1) is 10.3. The van der Waals surface area contributed by atoms with Crippen molar-refractivity contribution in [2.45, 2.75) is 18.9 Å². The molecular weight excluding hydrogens is 266 g/mol. The van der Waals surface area contributed by atoms with E-state index in [0.717, 1.165) is 49.0 Å². The number of rotatable bonds is 4. The topological polar surface area (TPSA) is 66.1 Å². The number of H-pyrrole nitrogens is 1. The summed E-state index contributed by atoms with van der Waals surface area (Å²) >= 11 is 0. The lowest BCUT2D eigenvalue weighted by Gasteiger charge is -2.30. The summed E-state index contributed by atoms with van der Waals surface area (Å²) in [4.78, 5) is 6.85. The molecule has 2 aromatic rings. The number of para-hydroxylation sites is 1. The van der Waals surface area contributed by atoms with Gasteiger partial charge >= 0.3 is 0 Å². The van der Waals surface area contributed by atoms with Gasteiger partial charge in [-0.15, -0.1) is 5.10 Å². The van der Waals surface area contributed by atoms with Crippen LogP contribution in [0.15, 0.2) is 24.3 Å². The molecule has 6 nitrogen and oxygen atoms in total. The smallest absolute Gasteiger partial charge is 0.245 e. The largest absolute Gasteiger partial charge is 0.496 e. The fourth-order valence-electron chi connectivity index (χ4n) is 2.72. The predicted octanol–water partition coefficient (Wildman–Crippen LogP) is 1.67. The maximum atomic E-state index is 5.37. The van der Waals surface area contributed by atoms with Crippen LogP contribution in [0.5, 0.6) is 5.75 Å². The summed E-state index contributed by atoms with van der Waals surface area (Å²) in [5.41, 5.74) is 0.934. The van der Waals surface area contributed by atoms with Gasteiger partial charge in [0.05, 0.1) is 12.7 Å². The van der Waals surface area contributed by atoms with E-state index in [1.165, 1.54) is 0 Å². The monoisotopic (exact) mass is 287 g/mol. The molecule has 6 heteroatoms. The summed E-state index contributed by atoms with van der Waals surface area (Å²) in [6.07, 6.45) is 2.24. The Balaban J connectivity index is 1.78. The van der Waals surface area contributed by atoms with Crippen molar-refractivity contribution in [1.82, 2.24) is 20.5 Å². The molecule has 0 saturated carbocycles.